The Hall–Kier alpha value is -2.72. The Balaban J connectivity index is 1.55. The quantitative estimate of drug-likeness (QED) is 0.188. The lowest BCUT2D eigenvalue weighted by molar-refractivity contribution is 0.672. The summed E-state index contributed by atoms with van der Waals surface area (Å²) in [4.78, 5) is 39.6. The second-order valence-corrected chi connectivity index (χ2v) is 10.1. The number of rotatable bonds is 6. The number of thioether (sulfide) groups is 1. The Morgan fingerprint density at radius 1 is 1.22 bits per heavy atom. The average molecular weight is 499 g/mol. The highest BCUT2D eigenvalue weighted by Crippen LogP contribution is 2.34. The molecule has 0 aliphatic carbocycles. The monoisotopic (exact) mass is 498 g/mol. The number of nitrogens with zero attached hydrogens (tertiary/aromatic N) is 3. The van der Waals surface area contributed by atoms with Gasteiger partial charge in [-0.15, -0.1) is 29.3 Å². The number of H-pyrrole nitrogens is 1. The summed E-state index contributed by atoms with van der Waals surface area (Å²) in [5, 5.41) is 6.13. The van der Waals surface area contributed by atoms with Gasteiger partial charge in [-0.05, 0) is 29.6 Å². The summed E-state index contributed by atoms with van der Waals surface area (Å²) in [7, 11) is 0. The van der Waals surface area contributed by atoms with E-state index in [1.54, 1.807) is 40.2 Å². The van der Waals surface area contributed by atoms with Gasteiger partial charge in [-0.1, -0.05) is 35.5 Å². The van der Waals surface area contributed by atoms with Crippen molar-refractivity contribution in [3.8, 4) is 10.4 Å². The Labute approximate surface area is 199 Å². The van der Waals surface area contributed by atoms with Crippen molar-refractivity contribution < 1.29 is 0 Å². The summed E-state index contributed by atoms with van der Waals surface area (Å²) in [5.41, 5.74) is 1.11. The summed E-state index contributed by atoms with van der Waals surface area (Å²) in [6, 6.07) is 8.94. The van der Waals surface area contributed by atoms with E-state index < -0.39 is 0 Å². The zero-order valence-corrected chi connectivity index (χ0v) is 19.7. The summed E-state index contributed by atoms with van der Waals surface area (Å²) >= 11 is 10.4. The summed E-state index contributed by atoms with van der Waals surface area (Å²) in [6.07, 6.45) is 1.67. The first-order valence-corrected chi connectivity index (χ1v) is 12.7. The van der Waals surface area contributed by atoms with Crippen LogP contribution in [0, 0.1) is 0 Å². The molecular weight excluding hydrogens is 484 g/mol. The van der Waals surface area contributed by atoms with E-state index in [0.717, 1.165) is 10.4 Å². The molecule has 4 heterocycles. The van der Waals surface area contributed by atoms with Crippen LogP contribution in [0.4, 0.5) is 0 Å². The van der Waals surface area contributed by atoms with Crippen LogP contribution in [0.25, 0.3) is 31.6 Å². The SMILES string of the molecule is C=CCn1c(SCc2nc3cc(Cl)ccc3c(=O)[nH]2)nc2scc(-c3cccs3)c2c1=O. The van der Waals surface area contributed by atoms with Gasteiger partial charge in [-0.25, -0.2) is 9.97 Å². The average Bonchev–Trinajstić information content (AvgIpc) is 3.44. The third kappa shape index (κ3) is 3.81. The number of aromatic nitrogens is 4. The van der Waals surface area contributed by atoms with Crippen LogP contribution in [-0.4, -0.2) is 19.5 Å². The third-order valence-corrected chi connectivity index (χ3v) is 7.81. The molecule has 0 aliphatic rings. The second kappa shape index (κ2) is 8.67. The highest BCUT2D eigenvalue weighted by molar-refractivity contribution is 7.98. The molecule has 0 spiro atoms. The van der Waals surface area contributed by atoms with E-state index in [-0.39, 0.29) is 11.1 Å². The number of hydrogen-bond donors (Lipinski definition) is 1. The first-order chi connectivity index (χ1) is 15.5. The molecule has 0 unspecified atom stereocenters. The van der Waals surface area contributed by atoms with Crippen LogP contribution in [0.2, 0.25) is 5.02 Å². The van der Waals surface area contributed by atoms with E-state index in [0.29, 0.717) is 49.4 Å². The maximum Gasteiger partial charge on any atom is 0.263 e. The molecule has 160 valence electrons. The predicted molar refractivity (Wildman–Crippen MR) is 134 cm³/mol. The Bertz CT molecular complexity index is 1590. The van der Waals surface area contributed by atoms with Gasteiger partial charge in [-0.3, -0.25) is 14.2 Å². The topological polar surface area (TPSA) is 80.6 Å². The fourth-order valence-corrected chi connectivity index (χ4v) is 6.23. The highest BCUT2D eigenvalue weighted by atomic mass is 35.5. The van der Waals surface area contributed by atoms with Gasteiger partial charge in [-0.2, -0.15) is 0 Å². The molecular formula is C22H15ClN4O2S3. The zero-order chi connectivity index (χ0) is 22.2. The standard InChI is InChI=1S/C22H15ClN4O2S3/c1-2-7-27-21(29)18-14(16-4-3-8-30-16)10-31-20(18)26-22(27)32-11-17-24-15-9-12(23)5-6-13(15)19(28)25-17/h2-6,8-10H,1,7,11H2,(H,24,25,28). The molecule has 0 atom stereocenters. The van der Waals surface area contributed by atoms with Gasteiger partial charge in [0.1, 0.15) is 10.7 Å². The van der Waals surface area contributed by atoms with Gasteiger partial charge in [0.2, 0.25) is 0 Å². The molecule has 10 heteroatoms. The number of nitrogens with one attached hydrogen (secondary N) is 1. The molecule has 6 nitrogen and oxygen atoms in total. The van der Waals surface area contributed by atoms with E-state index in [1.165, 1.54) is 23.1 Å². The number of benzene rings is 1. The van der Waals surface area contributed by atoms with Crippen molar-refractivity contribution in [1.82, 2.24) is 19.5 Å². The van der Waals surface area contributed by atoms with Crippen molar-refractivity contribution in [3.63, 3.8) is 0 Å². The van der Waals surface area contributed by atoms with Crippen molar-refractivity contribution >= 4 is 67.2 Å². The number of aromatic amines is 1. The maximum absolute atomic E-state index is 13.4. The van der Waals surface area contributed by atoms with E-state index in [2.05, 4.69) is 16.5 Å². The number of halogens is 1. The van der Waals surface area contributed by atoms with Gasteiger partial charge in [0.05, 0.1) is 22.0 Å². The molecule has 5 rings (SSSR count). The van der Waals surface area contributed by atoms with Crippen LogP contribution in [-0.2, 0) is 12.3 Å². The van der Waals surface area contributed by atoms with Crippen LogP contribution < -0.4 is 11.1 Å². The normalized spacial score (nSPS) is 11.4. The van der Waals surface area contributed by atoms with E-state index >= 15 is 0 Å². The van der Waals surface area contributed by atoms with Gasteiger partial charge in [0.25, 0.3) is 11.1 Å². The summed E-state index contributed by atoms with van der Waals surface area (Å²) in [6.45, 7) is 4.12. The molecule has 4 aromatic heterocycles. The Kier molecular flexibility index (Phi) is 5.73. The minimum Gasteiger partial charge on any atom is -0.309 e. The van der Waals surface area contributed by atoms with Crippen LogP contribution >= 0.6 is 46.0 Å². The lowest BCUT2D eigenvalue weighted by atomic mass is 10.2. The minimum absolute atomic E-state index is 0.103. The summed E-state index contributed by atoms with van der Waals surface area (Å²) < 4.78 is 1.61. The van der Waals surface area contributed by atoms with Crippen LogP contribution in [0.1, 0.15) is 5.82 Å². The van der Waals surface area contributed by atoms with Crippen molar-refractivity contribution in [2.75, 3.05) is 0 Å². The molecule has 1 aromatic carbocycles. The third-order valence-electron chi connectivity index (χ3n) is 4.81. The first-order valence-electron chi connectivity index (χ1n) is 9.53. The first kappa shape index (κ1) is 21.1. The molecule has 5 aromatic rings. The molecule has 32 heavy (non-hydrogen) atoms. The van der Waals surface area contributed by atoms with Crippen molar-refractivity contribution in [2.24, 2.45) is 0 Å². The van der Waals surface area contributed by atoms with Crippen molar-refractivity contribution in [1.29, 1.82) is 0 Å². The largest absolute Gasteiger partial charge is 0.309 e. The number of thiophene rings is 2. The molecule has 0 saturated heterocycles. The molecule has 0 radical (unpaired) electrons. The van der Waals surface area contributed by atoms with Crippen LogP contribution in [0.15, 0.2) is 68.5 Å². The Morgan fingerprint density at radius 3 is 2.88 bits per heavy atom. The predicted octanol–water partition coefficient (Wildman–Crippen LogP) is 5.55. The minimum atomic E-state index is -0.229. The molecule has 0 fully saturated rings. The molecule has 0 bridgehead atoms. The van der Waals surface area contributed by atoms with Gasteiger partial charge in [0, 0.05) is 27.4 Å². The Morgan fingerprint density at radius 2 is 2.09 bits per heavy atom. The fraction of sp³-hybridized carbons (Fsp3) is 0.0909. The van der Waals surface area contributed by atoms with E-state index in [4.69, 9.17) is 16.6 Å². The number of allylic oxidation sites excluding steroid dienone is 1. The lowest BCUT2D eigenvalue weighted by Crippen LogP contribution is -2.22. The second-order valence-electron chi connectivity index (χ2n) is 6.87. The van der Waals surface area contributed by atoms with Gasteiger partial charge >= 0.3 is 0 Å². The molecule has 0 amide bonds. The zero-order valence-electron chi connectivity index (χ0n) is 16.5. The van der Waals surface area contributed by atoms with Gasteiger partial charge in [0.15, 0.2) is 5.16 Å². The fourth-order valence-electron chi connectivity index (χ4n) is 3.38. The smallest absolute Gasteiger partial charge is 0.263 e. The summed E-state index contributed by atoms with van der Waals surface area (Å²) in [5.74, 6) is 0.829. The molecule has 0 saturated carbocycles. The number of fused-ring (bicyclic) bond motifs is 2. The van der Waals surface area contributed by atoms with Crippen LogP contribution in [0.5, 0.6) is 0 Å². The number of hydrogen-bond acceptors (Lipinski definition) is 7. The van der Waals surface area contributed by atoms with Crippen LogP contribution in [0.3, 0.4) is 0 Å². The highest BCUT2D eigenvalue weighted by Gasteiger charge is 2.18. The molecule has 1 N–H and O–H groups in total. The van der Waals surface area contributed by atoms with E-state index in [9.17, 15) is 9.59 Å². The van der Waals surface area contributed by atoms with E-state index in [1.807, 2.05) is 22.9 Å². The van der Waals surface area contributed by atoms with Crippen molar-refractivity contribution in [2.45, 2.75) is 17.5 Å². The van der Waals surface area contributed by atoms with Gasteiger partial charge < -0.3 is 4.98 Å². The lowest BCUT2D eigenvalue weighted by Gasteiger charge is -2.10. The van der Waals surface area contributed by atoms with Crippen molar-refractivity contribution in [3.05, 3.63) is 85.3 Å². The molecule has 0 aliphatic heterocycles. The maximum atomic E-state index is 13.4.